The minimum atomic E-state index is -4.26. The molecule has 114 valence electrons. The molecule has 1 aliphatic rings. The van der Waals surface area contributed by atoms with Crippen molar-refractivity contribution in [1.82, 2.24) is 10.2 Å². The number of likely N-dealkylation sites (tertiary alicyclic amines) is 1. The van der Waals surface area contributed by atoms with E-state index < -0.39 is 11.7 Å². The zero-order valence-electron chi connectivity index (χ0n) is 11.6. The maximum absolute atomic E-state index is 12.6. The Hall–Kier alpha value is -0.780. The van der Waals surface area contributed by atoms with E-state index in [1.807, 2.05) is 7.05 Å². The summed E-state index contributed by atoms with van der Waals surface area (Å²) in [5.74, 6) is 0. The first kappa shape index (κ1) is 17.3. The predicted octanol–water partition coefficient (Wildman–Crippen LogP) is 3.23. The van der Waals surface area contributed by atoms with Gasteiger partial charge in [-0.1, -0.05) is 6.07 Å². The lowest BCUT2D eigenvalue weighted by atomic mass is 10.0. The van der Waals surface area contributed by atoms with Crippen LogP contribution < -0.4 is 5.32 Å². The molecular weight excluding hydrogens is 289 g/mol. The number of likely N-dealkylation sites (N-methyl/N-ethyl adjacent to an activating group) is 1. The number of halogens is 4. The van der Waals surface area contributed by atoms with Gasteiger partial charge in [-0.15, -0.1) is 12.4 Å². The molecule has 0 saturated carbocycles. The number of rotatable bonds is 3. The Morgan fingerprint density at radius 1 is 1.35 bits per heavy atom. The van der Waals surface area contributed by atoms with Crippen molar-refractivity contribution in [2.24, 2.45) is 0 Å². The summed E-state index contributed by atoms with van der Waals surface area (Å²) in [6, 6.07) is 4.51. The van der Waals surface area contributed by atoms with Crippen molar-refractivity contribution in [1.29, 1.82) is 0 Å². The average molecular weight is 309 g/mol. The first-order chi connectivity index (χ1) is 8.90. The van der Waals surface area contributed by atoms with E-state index in [1.165, 1.54) is 12.1 Å². The fourth-order valence-electron chi connectivity index (χ4n) is 2.50. The van der Waals surface area contributed by atoms with Gasteiger partial charge in [-0.3, -0.25) is 4.90 Å². The highest BCUT2D eigenvalue weighted by Gasteiger charge is 2.30. The molecule has 1 heterocycles. The van der Waals surface area contributed by atoms with E-state index >= 15 is 0 Å². The molecule has 1 aromatic rings. The van der Waals surface area contributed by atoms with Crippen molar-refractivity contribution < 1.29 is 13.2 Å². The molecule has 0 amide bonds. The summed E-state index contributed by atoms with van der Waals surface area (Å²) < 4.78 is 37.7. The van der Waals surface area contributed by atoms with Gasteiger partial charge >= 0.3 is 6.18 Å². The van der Waals surface area contributed by atoms with Crippen LogP contribution in [0.3, 0.4) is 0 Å². The highest BCUT2D eigenvalue weighted by Crippen LogP contribution is 2.30. The van der Waals surface area contributed by atoms with Gasteiger partial charge in [0.2, 0.25) is 0 Å². The summed E-state index contributed by atoms with van der Waals surface area (Å²) in [6.07, 6.45) is -3.16. The number of benzene rings is 1. The summed E-state index contributed by atoms with van der Waals surface area (Å²) in [5.41, 5.74) is 1.12. The van der Waals surface area contributed by atoms with E-state index in [1.54, 1.807) is 13.0 Å². The van der Waals surface area contributed by atoms with E-state index in [9.17, 15) is 13.2 Å². The van der Waals surface area contributed by atoms with Gasteiger partial charge < -0.3 is 5.32 Å². The second-order valence-corrected chi connectivity index (χ2v) is 5.15. The first-order valence-corrected chi connectivity index (χ1v) is 6.46. The Morgan fingerprint density at radius 3 is 2.55 bits per heavy atom. The molecule has 1 aliphatic heterocycles. The van der Waals surface area contributed by atoms with Crippen LogP contribution in [-0.4, -0.2) is 31.1 Å². The molecule has 1 atom stereocenters. The number of hydrogen-bond acceptors (Lipinski definition) is 2. The van der Waals surface area contributed by atoms with Crippen molar-refractivity contribution in [3.8, 4) is 0 Å². The number of aryl methyl sites for hydroxylation is 1. The molecule has 0 bridgehead atoms. The number of hydrogen-bond donors (Lipinski definition) is 1. The zero-order valence-corrected chi connectivity index (χ0v) is 12.4. The molecule has 0 aromatic heterocycles. The third kappa shape index (κ3) is 4.11. The van der Waals surface area contributed by atoms with Gasteiger partial charge in [0.1, 0.15) is 0 Å². The molecule has 0 aliphatic carbocycles. The van der Waals surface area contributed by atoms with Crippen molar-refractivity contribution in [3.63, 3.8) is 0 Å². The van der Waals surface area contributed by atoms with Crippen LogP contribution in [0.15, 0.2) is 18.2 Å². The lowest BCUT2D eigenvalue weighted by Gasteiger charge is -2.18. The molecular formula is C14H20ClF3N2. The minimum absolute atomic E-state index is 0. The average Bonchev–Trinajstić information content (AvgIpc) is 2.78. The molecule has 20 heavy (non-hydrogen) atoms. The van der Waals surface area contributed by atoms with Gasteiger partial charge in [0, 0.05) is 25.7 Å². The SMILES string of the molecule is CNC1CCN(Cc2ccc(C(F)(F)F)cc2C)C1.Cl. The number of nitrogens with one attached hydrogen (secondary N) is 1. The number of nitrogens with zero attached hydrogens (tertiary/aromatic N) is 1. The smallest absolute Gasteiger partial charge is 0.316 e. The maximum atomic E-state index is 12.6. The topological polar surface area (TPSA) is 15.3 Å². The lowest BCUT2D eigenvalue weighted by molar-refractivity contribution is -0.137. The van der Waals surface area contributed by atoms with Gasteiger partial charge in [0.15, 0.2) is 0 Å². The molecule has 1 aromatic carbocycles. The fraction of sp³-hybridized carbons (Fsp3) is 0.571. The van der Waals surface area contributed by atoms with Crippen molar-refractivity contribution in [2.75, 3.05) is 20.1 Å². The van der Waals surface area contributed by atoms with Crippen molar-refractivity contribution in [2.45, 2.75) is 32.1 Å². The third-order valence-electron chi connectivity index (χ3n) is 3.74. The summed E-state index contributed by atoms with van der Waals surface area (Å²) >= 11 is 0. The standard InChI is InChI=1S/C14H19F3N2.ClH/c1-10-7-12(14(15,16)17)4-3-11(10)8-19-6-5-13(9-19)18-2;/h3-4,7,13,18H,5-6,8-9H2,1-2H3;1H. The quantitative estimate of drug-likeness (QED) is 0.922. The van der Waals surface area contributed by atoms with E-state index in [0.29, 0.717) is 11.6 Å². The first-order valence-electron chi connectivity index (χ1n) is 6.46. The second kappa shape index (κ2) is 6.78. The van der Waals surface area contributed by atoms with Gasteiger partial charge in [-0.2, -0.15) is 13.2 Å². The lowest BCUT2D eigenvalue weighted by Crippen LogP contribution is -2.29. The molecule has 0 radical (unpaired) electrons. The maximum Gasteiger partial charge on any atom is 0.416 e. The molecule has 1 fully saturated rings. The molecule has 2 rings (SSSR count). The van der Waals surface area contributed by atoms with Gasteiger partial charge in [-0.05, 0) is 43.7 Å². The van der Waals surface area contributed by atoms with Crippen LogP contribution in [0.5, 0.6) is 0 Å². The van der Waals surface area contributed by atoms with Crippen molar-refractivity contribution >= 4 is 12.4 Å². The van der Waals surface area contributed by atoms with Crippen molar-refractivity contribution in [3.05, 3.63) is 34.9 Å². The number of alkyl halides is 3. The predicted molar refractivity (Wildman–Crippen MR) is 76.2 cm³/mol. The van der Waals surface area contributed by atoms with E-state index in [4.69, 9.17) is 0 Å². The largest absolute Gasteiger partial charge is 0.416 e. The highest BCUT2D eigenvalue weighted by molar-refractivity contribution is 5.85. The Kier molecular flexibility index (Phi) is 5.86. The Bertz CT molecular complexity index is 449. The monoisotopic (exact) mass is 308 g/mol. The molecule has 6 heteroatoms. The molecule has 1 saturated heterocycles. The van der Waals surface area contributed by atoms with Gasteiger partial charge in [0.25, 0.3) is 0 Å². The van der Waals surface area contributed by atoms with Crippen LogP contribution in [0, 0.1) is 6.92 Å². The Balaban J connectivity index is 0.00000200. The summed E-state index contributed by atoms with van der Waals surface area (Å²) in [6.45, 7) is 4.42. The van der Waals surface area contributed by atoms with E-state index in [-0.39, 0.29) is 12.4 Å². The molecule has 2 nitrogen and oxygen atoms in total. The molecule has 1 unspecified atom stereocenters. The minimum Gasteiger partial charge on any atom is -0.316 e. The van der Waals surface area contributed by atoms with Crippen LogP contribution in [0.4, 0.5) is 13.2 Å². The second-order valence-electron chi connectivity index (χ2n) is 5.15. The fourth-order valence-corrected chi connectivity index (χ4v) is 2.50. The normalized spacial score (nSPS) is 19.9. The Morgan fingerprint density at radius 2 is 2.05 bits per heavy atom. The zero-order chi connectivity index (χ0) is 14.0. The van der Waals surface area contributed by atoms with Crippen LogP contribution in [0.25, 0.3) is 0 Å². The third-order valence-corrected chi connectivity index (χ3v) is 3.74. The van der Waals surface area contributed by atoms with Gasteiger partial charge in [-0.25, -0.2) is 0 Å². The summed E-state index contributed by atoms with van der Waals surface area (Å²) in [5, 5.41) is 3.23. The van der Waals surface area contributed by atoms with Crippen LogP contribution in [0.2, 0.25) is 0 Å². The van der Waals surface area contributed by atoms with Crippen LogP contribution in [-0.2, 0) is 12.7 Å². The van der Waals surface area contributed by atoms with E-state index in [2.05, 4.69) is 10.2 Å². The van der Waals surface area contributed by atoms with Crippen LogP contribution in [0.1, 0.15) is 23.1 Å². The van der Waals surface area contributed by atoms with E-state index in [0.717, 1.165) is 31.6 Å². The molecule has 1 N–H and O–H groups in total. The van der Waals surface area contributed by atoms with Crippen LogP contribution >= 0.6 is 12.4 Å². The summed E-state index contributed by atoms with van der Waals surface area (Å²) in [4.78, 5) is 2.27. The summed E-state index contributed by atoms with van der Waals surface area (Å²) in [7, 11) is 1.94. The molecule has 0 spiro atoms. The Labute approximate surface area is 123 Å². The van der Waals surface area contributed by atoms with Gasteiger partial charge in [0.05, 0.1) is 5.56 Å². The highest BCUT2D eigenvalue weighted by atomic mass is 35.5.